The van der Waals surface area contributed by atoms with Crippen LogP contribution in [0.4, 0.5) is 0 Å². The number of nitrogens with one attached hydrogen (secondary N) is 1. The van der Waals surface area contributed by atoms with Crippen LogP contribution in [0, 0.1) is 17.8 Å². The van der Waals surface area contributed by atoms with E-state index in [2.05, 4.69) is 68.4 Å². The fourth-order valence-corrected chi connectivity index (χ4v) is 2.74. The van der Waals surface area contributed by atoms with Crippen molar-refractivity contribution < 1.29 is 0 Å². The predicted molar refractivity (Wildman–Crippen MR) is 84.2 cm³/mol. The summed E-state index contributed by atoms with van der Waals surface area (Å²) in [6, 6.07) is 11.4. The summed E-state index contributed by atoms with van der Waals surface area (Å²) in [5.41, 5.74) is 1.45. The Bertz CT molecular complexity index is 399. The van der Waals surface area contributed by atoms with Gasteiger partial charge in [0.25, 0.3) is 0 Å². The number of hydrogen-bond donors (Lipinski definition) is 1. The molecule has 0 aromatic heterocycles. The Labute approximate surface area is 118 Å². The van der Waals surface area contributed by atoms with E-state index < -0.39 is 0 Å². The van der Waals surface area contributed by atoms with Crippen LogP contribution in [0.3, 0.4) is 0 Å². The molecule has 1 heteroatoms. The van der Waals surface area contributed by atoms with Gasteiger partial charge in [-0.15, -0.1) is 11.8 Å². The van der Waals surface area contributed by atoms with Crippen LogP contribution < -0.4 is 5.32 Å². The Hall–Kier alpha value is -1.26. The van der Waals surface area contributed by atoms with Gasteiger partial charge in [0.2, 0.25) is 0 Å². The molecule has 0 radical (unpaired) electrons. The highest BCUT2D eigenvalue weighted by Crippen LogP contribution is 2.31. The van der Waals surface area contributed by atoms with E-state index in [1.165, 1.54) is 12.0 Å². The van der Waals surface area contributed by atoms with Gasteiger partial charge in [-0.05, 0) is 31.9 Å². The summed E-state index contributed by atoms with van der Waals surface area (Å²) < 4.78 is 0. The molecule has 3 unspecified atom stereocenters. The monoisotopic (exact) mass is 257 g/mol. The van der Waals surface area contributed by atoms with Crippen LogP contribution in [-0.4, -0.2) is 13.1 Å². The molecule has 0 spiro atoms. The zero-order valence-corrected chi connectivity index (χ0v) is 12.7. The first-order valence-corrected chi connectivity index (χ1v) is 7.36. The lowest BCUT2D eigenvalue weighted by Crippen LogP contribution is -2.35. The summed E-state index contributed by atoms with van der Waals surface area (Å²) in [7, 11) is 2.07. The maximum Gasteiger partial charge on any atom is 0.0144 e. The number of hydrogen-bond acceptors (Lipinski definition) is 1. The lowest BCUT2D eigenvalue weighted by atomic mass is 9.78. The minimum atomic E-state index is 0.498. The van der Waals surface area contributed by atoms with Crippen molar-refractivity contribution in [3.05, 3.63) is 35.9 Å². The fourth-order valence-electron chi connectivity index (χ4n) is 2.74. The van der Waals surface area contributed by atoms with E-state index in [0.29, 0.717) is 17.9 Å². The predicted octanol–water partition coefficient (Wildman–Crippen LogP) is 4.21. The minimum absolute atomic E-state index is 0.498. The van der Waals surface area contributed by atoms with Crippen LogP contribution in [0.2, 0.25) is 0 Å². The molecule has 1 rings (SSSR count). The zero-order valence-electron chi connectivity index (χ0n) is 12.7. The molecule has 0 fully saturated rings. The van der Waals surface area contributed by atoms with Crippen molar-refractivity contribution in [2.75, 3.05) is 7.05 Å². The van der Waals surface area contributed by atoms with Crippen molar-refractivity contribution >= 4 is 0 Å². The number of rotatable bonds is 7. The second kappa shape index (κ2) is 8.77. The molecular formula is C18H27N. The Morgan fingerprint density at radius 2 is 1.89 bits per heavy atom. The van der Waals surface area contributed by atoms with Crippen molar-refractivity contribution in [3.63, 3.8) is 0 Å². The topological polar surface area (TPSA) is 12.0 Å². The molecule has 0 aliphatic carbocycles. The van der Waals surface area contributed by atoms with E-state index in [1.54, 1.807) is 0 Å². The van der Waals surface area contributed by atoms with Crippen molar-refractivity contribution in [1.82, 2.24) is 5.32 Å². The largest absolute Gasteiger partial charge is 0.316 e. The second-order valence-corrected chi connectivity index (χ2v) is 5.18. The molecule has 1 N–H and O–H groups in total. The van der Waals surface area contributed by atoms with E-state index >= 15 is 0 Å². The third-order valence-corrected chi connectivity index (χ3v) is 4.00. The van der Waals surface area contributed by atoms with Crippen molar-refractivity contribution in [1.29, 1.82) is 0 Å². The molecule has 1 aromatic carbocycles. The Morgan fingerprint density at radius 3 is 2.42 bits per heavy atom. The molecule has 19 heavy (non-hydrogen) atoms. The van der Waals surface area contributed by atoms with Crippen molar-refractivity contribution in [3.8, 4) is 11.8 Å². The van der Waals surface area contributed by atoms with E-state index in [0.717, 1.165) is 12.8 Å². The summed E-state index contributed by atoms with van der Waals surface area (Å²) in [5, 5.41) is 3.51. The molecule has 0 heterocycles. The Balaban J connectivity index is 2.90. The van der Waals surface area contributed by atoms with Gasteiger partial charge in [0.05, 0.1) is 0 Å². The lowest BCUT2D eigenvalue weighted by Gasteiger charge is -2.31. The highest BCUT2D eigenvalue weighted by molar-refractivity contribution is 5.22. The molecule has 1 nitrogen and oxygen atoms in total. The van der Waals surface area contributed by atoms with Crippen LogP contribution in [0.5, 0.6) is 0 Å². The SMILES string of the molecule is CC#CCCC(NC)C(c1ccccc1)C(C)CC. The van der Waals surface area contributed by atoms with E-state index in [1.807, 2.05) is 6.92 Å². The highest BCUT2D eigenvalue weighted by Gasteiger charge is 2.25. The maximum absolute atomic E-state index is 3.51. The first kappa shape index (κ1) is 15.8. The van der Waals surface area contributed by atoms with Gasteiger partial charge in [-0.3, -0.25) is 0 Å². The van der Waals surface area contributed by atoms with Crippen LogP contribution in [0.1, 0.15) is 51.5 Å². The first-order valence-electron chi connectivity index (χ1n) is 7.36. The second-order valence-electron chi connectivity index (χ2n) is 5.18. The summed E-state index contributed by atoms with van der Waals surface area (Å²) in [6.45, 7) is 6.55. The highest BCUT2D eigenvalue weighted by atomic mass is 14.9. The quantitative estimate of drug-likeness (QED) is 0.722. The number of likely N-dealkylation sites (N-methyl/N-ethyl adjacent to an activating group) is 1. The third kappa shape index (κ3) is 4.73. The summed E-state index contributed by atoms with van der Waals surface area (Å²) >= 11 is 0. The third-order valence-electron chi connectivity index (χ3n) is 4.00. The molecular weight excluding hydrogens is 230 g/mol. The van der Waals surface area contributed by atoms with Gasteiger partial charge >= 0.3 is 0 Å². The van der Waals surface area contributed by atoms with Gasteiger partial charge < -0.3 is 5.32 Å². The molecule has 3 atom stereocenters. The standard InChI is InChI=1S/C18H27N/c1-5-7-9-14-17(19-4)18(15(3)6-2)16-12-10-8-11-13-16/h8,10-13,15,17-19H,6,9,14H2,1-4H3. The van der Waals surface area contributed by atoms with Gasteiger partial charge in [0.1, 0.15) is 0 Å². The van der Waals surface area contributed by atoms with Gasteiger partial charge in [0, 0.05) is 18.4 Å². The Morgan fingerprint density at radius 1 is 1.21 bits per heavy atom. The van der Waals surface area contributed by atoms with Crippen molar-refractivity contribution in [2.45, 2.75) is 52.0 Å². The van der Waals surface area contributed by atoms with Gasteiger partial charge in [-0.1, -0.05) is 50.6 Å². The average Bonchev–Trinajstić information content (AvgIpc) is 2.47. The van der Waals surface area contributed by atoms with Crippen LogP contribution in [0.25, 0.3) is 0 Å². The Kier molecular flexibility index (Phi) is 7.30. The smallest absolute Gasteiger partial charge is 0.0144 e. The maximum atomic E-state index is 3.51. The van der Waals surface area contributed by atoms with Crippen LogP contribution >= 0.6 is 0 Å². The molecule has 0 saturated heterocycles. The van der Waals surface area contributed by atoms with Crippen molar-refractivity contribution in [2.24, 2.45) is 5.92 Å². The minimum Gasteiger partial charge on any atom is -0.316 e. The van der Waals surface area contributed by atoms with Crippen LogP contribution in [0.15, 0.2) is 30.3 Å². The summed E-state index contributed by atoms with van der Waals surface area (Å²) in [4.78, 5) is 0. The molecule has 0 bridgehead atoms. The summed E-state index contributed by atoms with van der Waals surface area (Å²) in [5.74, 6) is 7.42. The first-order chi connectivity index (χ1) is 9.24. The molecule has 104 valence electrons. The molecule has 0 saturated carbocycles. The van der Waals surface area contributed by atoms with Crippen LogP contribution in [-0.2, 0) is 0 Å². The number of benzene rings is 1. The summed E-state index contributed by atoms with van der Waals surface area (Å²) in [6.07, 6.45) is 3.29. The van der Waals surface area contributed by atoms with E-state index in [-0.39, 0.29) is 0 Å². The zero-order chi connectivity index (χ0) is 14.1. The van der Waals surface area contributed by atoms with Gasteiger partial charge in [0.15, 0.2) is 0 Å². The molecule has 0 amide bonds. The normalized spacial score (nSPS) is 15.2. The lowest BCUT2D eigenvalue weighted by molar-refractivity contribution is 0.336. The van der Waals surface area contributed by atoms with E-state index in [9.17, 15) is 0 Å². The van der Waals surface area contributed by atoms with Gasteiger partial charge in [-0.2, -0.15) is 0 Å². The molecule has 0 aliphatic rings. The fraction of sp³-hybridized carbons (Fsp3) is 0.556. The van der Waals surface area contributed by atoms with Gasteiger partial charge in [-0.25, -0.2) is 0 Å². The average molecular weight is 257 g/mol. The molecule has 1 aromatic rings. The molecule has 0 aliphatic heterocycles. The van der Waals surface area contributed by atoms with E-state index in [4.69, 9.17) is 0 Å².